The van der Waals surface area contributed by atoms with E-state index in [4.69, 9.17) is 21.0 Å². The summed E-state index contributed by atoms with van der Waals surface area (Å²) >= 11 is 2.54. The van der Waals surface area contributed by atoms with Gasteiger partial charge >= 0.3 is 5.97 Å². The van der Waals surface area contributed by atoms with Gasteiger partial charge in [-0.15, -0.1) is 0 Å². The highest BCUT2D eigenvalue weighted by Crippen LogP contribution is 2.27. The third-order valence-corrected chi connectivity index (χ3v) is 16.5. The molecule has 0 spiro atoms. The number of nitrogens with one attached hydrogen (secondary N) is 7. The van der Waals surface area contributed by atoms with Gasteiger partial charge in [0.1, 0.15) is 72.9 Å². The SMILES string of the molecule is COOC(=O)C[C@@H]1NC(=O)[C@H](C)NC(=O)[C@@H]2CCCN2C(=O)[C@@H]2CSCc3cc(cc(c3)OCCCCCCO/N=C/C(=O)N[C@@H](CCCCN)C(=O)N2)CSC[C@@H](C(N)=O)NC(=O)[C@H](CO)NC(=O)[C@@H]2CCCN2C(=O)C(C(C)C)NC1=O. The number of carbonyl (C=O) groups is 11. The molecule has 2 saturated heterocycles. The Hall–Kier alpha value is -6.76. The van der Waals surface area contributed by atoms with Gasteiger partial charge in [-0.3, -0.25) is 52.8 Å². The lowest BCUT2D eigenvalue weighted by Gasteiger charge is -2.32. The van der Waals surface area contributed by atoms with Crippen LogP contribution in [-0.2, 0) is 78.9 Å². The number of benzene rings is 1. The monoisotopic (exact) mass is 1220 g/mol. The van der Waals surface area contributed by atoms with E-state index in [1.807, 2.05) is 18.2 Å². The molecule has 4 bridgehead atoms. The fourth-order valence-electron chi connectivity index (χ4n) is 9.79. The maximum absolute atomic E-state index is 14.9. The summed E-state index contributed by atoms with van der Waals surface area (Å²) in [5, 5.41) is 32.3. The molecular weight excluding hydrogens is 1140 g/mol. The summed E-state index contributed by atoms with van der Waals surface area (Å²) in [4.78, 5) is 169. The van der Waals surface area contributed by atoms with Gasteiger partial charge < -0.3 is 73.2 Å². The van der Waals surface area contributed by atoms with Crippen LogP contribution in [0, 0.1) is 5.92 Å². The summed E-state index contributed by atoms with van der Waals surface area (Å²) in [7, 11) is 1.04. The van der Waals surface area contributed by atoms with E-state index in [0.717, 1.165) is 37.3 Å². The molecule has 9 atom stereocenters. The van der Waals surface area contributed by atoms with Crippen molar-refractivity contribution < 1.29 is 77.2 Å². The Kier molecular flexibility index (Phi) is 28.2. The van der Waals surface area contributed by atoms with Crippen LogP contribution in [0.4, 0.5) is 0 Å². The molecule has 30 heteroatoms. The highest BCUT2D eigenvalue weighted by molar-refractivity contribution is 7.98. The first kappa shape index (κ1) is 68.0. The first-order chi connectivity index (χ1) is 40.2. The molecule has 12 N–H and O–H groups in total. The number of hydrogen-bond donors (Lipinski definition) is 10. The number of unbranched alkanes of at least 4 members (excludes halogenated alkanes) is 1. The average molecular weight is 1220 g/mol. The number of nitrogens with zero attached hydrogens (tertiary/aromatic N) is 3. The van der Waals surface area contributed by atoms with E-state index < -0.39 is 138 Å². The highest BCUT2D eigenvalue weighted by atomic mass is 32.2. The molecule has 5 rings (SSSR count). The molecule has 4 heterocycles. The van der Waals surface area contributed by atoms with Crippen LogP contribution < -0.4 is 53.4 Å². The minimum Gasteiger partial charge on any atom is -0.494 e. The molecule has 84 heavy (non-hydrogen) atoms. The lowest BCUT2D eigenvalue weighted by molar-refractivity contribution is -0.255. The lowest BCUT2D eigenvalue weighted by Crippen LogP contribution is -2.61. The van der Waals surface area contributed by atoms with Crippen LogP contribution in [0.3, 0.4) is 0 Å². The number of amides is 10. The molecular formula is C54H82N12O16S2. The fraction of sp³-hybridized carbons (Fsp3) is 0.667. The highest BCUT2D eigenvalue weighted by Gasteiger charge is 2.43. The molecule has 0 saturated carbocycles. The molecule has 2 fully saturated rings. The minimum absolute atomic E-state index is 0.0334. The molecule has 4 aliphatic rings. The van der Waals surface area contributed by atoms with Gasteiger partial charge in [-0.05, 0) is 113 Å². The number of ether oxygens (including phenoxy) is 1. The third kappa shape index (κ3) is 21.1. The first-order valence-electron chi connectivity index (χ1n) is 28.4. The Morgan fingerprint density at radius 1 is 0.714 bits per heavy atom. The number of carbonyl (C=O) groups excluding carboxylic acids is 11. The van der Waals surface area contributed by atoms with Crippen molar-refractivity contribution in [3.8, 4) is 5.75 Å². The zero-order chi connectivity index (χ0) is 61.3. The van der Waals surface area contributed by atoms with Gasteiger partial charge in [-0.2, -0.15) is 28.4 Å². The van der Waals surface area contributed by atoms with Crippen molar-refractivity contribution in [2.75, 3.05) is 58.1 Å². The summed E-state index contributed by atoms with van der Waals surface area (Å²) in [5.74, 6) is -8.79. The molecule has 4 aliphatic heterocycles. The van der Waals surface area contributed by atoms with E-state index in [0.29, 0.717) is 57.4 Å². The van der Waals surface area contributed by atoms with Crippen molar-refractivity contribution in [1.29, 1.82) is 0 Å². The van der Waals surface area contributed by atoms with E-state index in [9.17, 15) is 57.8 Å². The van der Waals surface area contributed by atoms with E-state index in [-0.39, 0.29) is 62.0 Å². The maximum atomic E-state index is 14.9. The topological polar surface area (TPSA) is 400 Å². The Balaban J connectivity index is 1.53. The standard InChI is InChI=1S/C54H82N12O16S2/c1-31(2)45-54(78)66-18-12-15-42(66)52(76)61-38(26-67)50(74)62-39(46(56)70)29-83-27-33-21-34-23-35(22-33)80-19-9-5-6-10-20-81-57-25-43(68)59-36(13-7-8-16-55)48(72)63-40(30-84-28-34)53(77)65-17-11-14-41(65)51(75)58-32(3)47(71)60-37(49(73)64-45)24-44(69)82-79-4/h21-23,25,31-32,36-42,45,67H,5-20,24,26-30,55H2,1-4H3,(H2,56,70)(H,58,75)(H,59,68)(H,60,71)(H,61,76)(H,62,74)(H,63,72)(H,64,73)/b57-25+/t32-,36-,37-,38-,39-,40-,41-,42-,45?/m0/s1. The van der Waals surface area contributed by atoms with E-state index in [2.05, 4.69) is 52.1 Å². The molecule has 1 unspecified atom stereocenters. The van der Waals surface area contributed by atoms with Gasteiger partial charge in [0, 0.05) is 36.1 Å². The third-order valence-electron chi connectivity index (χ3n) is 14.3. The molecule has 0 aliphatic carbocycles. The number of aliphatic hydroxyl groups excluding tert-OH is 1. The molecule has 1 aromatic carbocycles. The zero-order valence-electron chi connectivity index (χ0n) is 48.0. The Labute approximate surface area is 496 Å². The van der Waals surface area contributed by atoms with E-state index in [1.165, 1.54) is 40.2 Å². The van der Waals surface area contributed by atoms with Crippen LogP contribution in [0.25, 0.3) is 0 Å². The van der Waals surface area contributed by atoms with Crippen molar-refractivity contribution in [3.05, 3.63) is 29.3 Å². The molecule has 466 valence electrons. The van der Waals surface area contributed by atoms with Gasteiger partial charge in [-0.25, -0.2) is 4.79 Å². The predicted octanol–water partition coefficient (Wildman–Crippen LogP) is -1.73. The Bertz CT molecular complexity index is 2510. The largest absolute Gasteiger partial charge is 0.494 e. The number of rotatable bonds is 10. The van der Waals surface area contributed by atoms with Gasteiger partial charge in [0.05, 0.1) is 26.7 Å². The van der Waals surface area contributed by atoms with E-state index in [1.54, 1.807) is 13.8 Å². The molecule has 1 aromatic rings. The summed E-state index contributed by atoms with van der Waals surface area (Å²) in [6, 6.07) is -6.45. The summed E-state index contributed by atoms with van der Waals surface area (Å²) in [5.41, 5.74) is 13.1. The van der Waals surface area contributed by atoms with E-state index >= 15 is 0 Å². The van der Waals surface area contributed by atoms with Gasteiger partial charge in [-0.1, -0.05) is 25.1 Å². The van der Waals surface area contributed by atoms with Crippen molar-refractivity contribution in [1.82, 2.24) is 47.0 Å². The molecule has 0 aromatic heterocycles. The van der Waals surface area contributed by atoms with Crippen LogP contribution in [0.2, 0.25) is 0 Å². The van der Waals surface area contributed by atoms with Crippen molar-refractivity contribution in [2.45, 2.75) is 164 Å². The summed E-state index contributed by atoms with van der Waals surface area (Å²) in [6.45, 7) is 4.70. The summed E-state index contributed by atoms with van der Waals surface area (Å²) < 4.78 is 6.24. The number of fused-ring (bicyclic) bond motifs is 7. The maximum Gasteiger partial charge on any atom is 0.344 e. The van der Waals surface area contributed by atoms with Crippen molar-refractivity contribution >= 4 is 94.8 Å². The first-order valence-corrected chi connectivity index (χ1v) is 30.7. The lowest BCUT2D eigenvalue weighted by atomic mass is 10.0. The number of hydrogen-bond acceptors (Lipinski definition) is 20. The number of aliphatic hydroxyl groups is 1. The number of primary amides is 1. The van der Waals surface area contributed by atoms with Crippen LogP contribution >= 0.6 is 23.5 Å². The normalized spacial score (nSPS) is 27.2. The minimum atomic E-state index is -1.72. The van der Waals surface area contributed by atoms with Crippen molar-refractivity contribution in [2.24, 2.45) is 22.5 Å². The van der Waals surface area contributed by atoms with Crippen LogP contribution in [0.1, 0.15) is 109 Å². The zero-order valence-corrected chi connectivity index (χ0v) is 49.7. The molecule has 10 amide bonds. The second kappa shape index (κ2) is 34.9. The Morgan fingerprint density at radius 3 is 1.95 bits per heavy atom. The number of nitrogens with two attached hydrogens (primary N) is 2. The quantitative estimate of drug-likeness (QED) is 0.0707. The van der Waals surface area contributed by atoms with Gasteiger partial charge in [0.2, 0.25) is 53.2 Å². The van der Waals surface area contributed by atoms with Crippen molar-refractivity contribution in [3.63, 3.8) is 0 Å². The van der Waals surface area contributed by atoms with Gasteiger partial charge in [0.15, 0.2) is 0 Å². The smallest absolute Gasteiger partial charge is 0.344 e. The number of thioether (sulfide) groups is 2. The van der Waals surface area contributed by atoms with Crippen LogP contribution in [0.5, 0.6) is 5.75 Å². The van der Waals surface area contributed by atoms with Gasteiger partial charge in [0.25, 0.3) is 5.91 Å². The fourth-order valence-corrected chi connectivity index (χ4v) is 11.8. The summed E-state index contributed by atoms with van der Waals surface area (Å²) in [6.07, 6.45) is 5.17. The second-order valence-electron chi connectivity index (χ2n) is 21.2. The van der Waals surface area contributed by atoms with Crippen LogP contribution in [0.15, 0.2) is 23.4 Å². The predicted molar refractivity (Wildman–Crippen MR) is 308 cm³/mol. The Morgan fingerprint density at radius 2 is 1.32 bits per heavy atom. The number of oxime groups is 1. The molecule has 0 radical (unpaired) electrons. The molecule has 28 nitrogen and oxygen atoms in total. The average Bonchev–Trinajstić information content (AvgIpc) is 4.29. The second-order valence-corrected chi connectivity index (χ2v) is 23.2. The van der Waals surface area contributed by atoms with Crippen LogP contribution in [-0.4, -0.2) is 199 Å².